The van der Waals surface area contributed by atoms with E-state index in [9.17, 15) is 5.11 Å². The number of nitrogens with zero attached hydrogens (tertiary/aromatic N) is 1. The van der Waals surface area contributed by atoms with Gasteiger partial charge in [0.05, 0.1) is 18.1 Å². The molecule has 1 aliphatic heterocycles. The lowest BCUT2D eigenvalue weighted by Gasteiger charge is -2.23. The topological polar surface area (TPSA) is 88.3 Å². The molecule has 0 aliphatic carbocycles. The Balaban J connectivity index is 1.68. The first kappa shape index (κ1) is 20.4. The summed E-state index contributed by atoms with van der Waals surface area (Å²) in [6.07, 6.45) is 0. The molecule has 1 aliphatic rings. The van der Waals surface area contributed by atoms with Crippen LogP contribution in [0, 0.1) is 6.92 Å². The lowest BCUT2D eigenvalue weighted by Crippen LogP contribution is -2.44. The van der Waals surface area contributed by atoms with Crippen molar-refractivity contribution >= 4 is 17.6 Å². The second-order valence-electron chi connectivity index (χ2n) is 6.83. The number of aliphatic hydroxyl groups is 1. The maximum Gasteiger partial charge on any atom is 0.191 e. The lowest BCUT2D eigenvalue weighted by atomic mass is 10.0. The molecule has 1 aromatic carbocycles. The molecule has 2 aromatic rings. The molecule has 1 unspecified atom stereocenters. The monoisotopic (exact) mass is 407 g/mol. The Morgan fingerprint density at radius 1 is 1.25 bits per heavy atom. The zero-order valence-electron chi connectivity index (χ0n) is 16.3. The third-order valence-electron chi connectivity index (χ3n) is 4.29. The molecule has 0 bridgehead atoms. The Morgan fingerprint density at radius 2 is 2.04 bits per heavy atom. The average Bonchev–Trinajstić information content (AvgIpc) is 3.11. The predicted molar refractivity (Wildman–Crippen MR) is 108 cm³/mol. The van der Waals surface area contributed by atoms with E-state index in [0.717, 1.165) is 11.3 Å². The molecular weight excluding hydrogens is 382 g/mol. The highest BCUT2D eigenvalue weighted by Gasteiger charge is 2.27. The standard InChI is InChI=1S/C20H26ClN3O4/c1-4-22-19(24-12-20(3,25)17-6-5-13(2)28-17)23-11-14-9-15(21)18-16(10-14)26-7-8-27-18/h5-6,9-10,25H,4,7-8,11-12H2,1-3H3,(H2,22,23,24). The number of halogens is 1. The summed E-state index contributed by atoms with van der Waals surface area (Å²) >= 11 is 6.29. The number of fused-ring (bicyclic) bond motifs is 1. The van der Waals surface area contributed by atoms with Crippen LogP contribution >= 0.6 is 11.6 Å². The highest BCUT2D eigenvalue weighted by molar-refractivity contribution is 6.32. The van der Waals surface area contributed by atoms with E-state index in [-0.39, 0.29) is 6.54 Å². The van der Waals surface area contributed by atoms with Gasteiger partial charge in [-0.2, -0.15) is 0 Å². The number of benzene rings is 1. The SMILES string of the molecule is CCNC(=NCc1cc(Cl)c2c(c1)OCCO2)NCC(C)(O)c1ccc(C)o1. The van der Waals surface area contributed by atoms with Crippen molar-refractivity contribution < 1.29 is 19.0 Å². The highest BCUT2D eigenvalue weighted by Crippen LogP contribution is 2.38. The van der Waals surface area contributed by atoms with Crippen molar-refractivity contribution in [3.63, 3.8) is 0 Å². The van der Waals surface area contributed by atoms with Gasteiger partial charge in [0.1, 0.15) is 30.3 Å². The van der Waals surface area contributed by atoms with E-state index in [1.54, 1.807) is 13.0 Å². The molecule has 28 heavy (non-hydrogen) atoms. The molecular formula is C20H26ClN3O4. The third kappa shape index (κ3) is 4.91. The zero-order valence-corrected chi connectivity index (χ0v) is 17.1. The summed E-state index contributed by atoms with van der Waals surface area (Å²) in [7, 11) is 0. The van der Waals surface area contributed by atoms with Crippen molar-refractivity contribution in [2.24, 2.45) is 4.99 Å². The molecule has 3 N–H and O–H groups in total. The molecule has 0 radical (unpaired) electrons. The lowest BCUT2D eigenvalue weighted by molar-refractivity contribution is 0.0378. The number of guanidine groups is 1. The first-order valence-electron chi connectivity index (χ1n) is 9.28. The maximum absolute atomic E-state index is 10.7. The second-order valence-corrected chi connectivity index (χ2v) is 7.24. The quantitative estimate of drug-likeness (QED) is 0.504. The normalized spacial score (nSPS) is 15.8. The summed E-state index contributed by atoms with van der Waals surface area (Å²) in [6.45, 7) is 7.85. The van der Waals surface area contributed by atoms with E-state index in [1.807, 2.05) is 32.0 Å². The van der Waals surface area contributed by atoms with Crippen LogP contribution in [0.2, 0.25) is 5.02 Å². The molecule has 0 saturated heterocycles. The Labute approximate surface area is 169 Å². The number of furan rings is 1. The van der Waals surface area contributed by atoms with Gasteiger partial charge in [0.2, 0.25) is 0 Å². The van der Waals surface area contributed by atoms with Crippen LogP contribution in [0.15, 0.2) is 33.7 Å². The van der Waals surface area contributed by atoms with Crippen molar-refractivity contribution in [1.82, 2.24) is 10.6 Å². The number of aliphatic imine (C=N–C) groups is 1. The number of ether oxygens (including phenoxy) is 2. The first-order chi connectivity index (χ1) is 13.4. The minimum Gasteiger partial charge on any atom is -0.486 e. The van der Waals surface area contributed by atoms with Crippen LogP contribution in [-0.2, 0) is 12.1 Å². The Hall–Kier alpha value is -2.38. The zero-order chi connectivity index (χ0) is 20.1. The predicted octanol–water partition coefficient (Wildman–Crippen LogP) is 2.98. The van der Waals surface area contributed by atoms with Crippen molar-refractivity contribution in [3.05, 3.63) is 46.4 Å². The number of hydrogen-bond donors (Lipinski definition) is 3. The van der Waals surface area contributed by atoms with Gasteiger partial charge < -0.3 is 29.6 Å². The van der Waals surface area contributed by atoms with Crippen LogP contribution in [0.5, 0.6) is 11.5 Å². The molecule has 1 aromatic heterocycles. The maximum atomic E-state index is 10.7. The average molecular weight is 408 g/mol. The van der Waals surface area contributed by atoms with Crippen molar-refractivity contribution in [3.8, 4) is 11.5 Å². The smallest absolute Gasteiger partial charge is 0.191 e. The summed E-state index contributed by atoms with van der Waals surface area (Å²) in [5.74, 6) is 3.06. The van der Waals surface area contributed by atoms with Crippen molar-refractivity contribution in [1.29, 1.82) is 0 Å². The molecule has 0 spiro atoms. The Morgan fingerprint density at radius 3 is 2.75 bits per heavy atom. The largest absolute Gasteiger partial charge is 0.486 e. The molecule has 0 fully saturated rings. The van der Waals surface area contributed by atoms with Gasteiger partial charge in [-0.1, -0.05) is 11.6 Å². The molecule has 0 amide bonds. The molecule has 2 heterocycles. The van der Waals surface area contributed by atoms with Gasteiger partial charge >= 0.3 is 0 Å². The van der Waals surface area contributed by atoms with E-state index in [4.69, 9.17) is 25.5 Å². The summed E-state index contributed by atoms with van der Waals surface area (Å²) < 4.78 is 16.7. The molecule has 1 atom stereocenters. The Bertz CT molecular complexity index is 848. The first-order valence-corrected chi connectivity index (χ1v) is 9.66. The van der Waals surface area contributed by atoms with Crippen LogP contribution in [0.25, 0.3) is 0 Å². The van der Waals surface area contributed by atoms with Gasteiger partial charge in [0, 0.05) is 6.54 Å². The van der Waals surface area contributed by atoms with Gasteiger partial charge in [0.25, 0.3) is 0 Å². The Kier molecular flexibility index (Phi) is 6.36. The van der Waals surface area contributed by atoms with E-state index >= 15 is 0 Å². The van der Waals surface area contributed by atoms with Gasteiger partial charge in [-0.05, 0) is 50.6 Å². The van der Waals surface area contributed by atoms with E-state index in [2.05, 4.69) is 15.6 Å². The molecule has 152 valence electrons. The van der Waals surface area contributed by atoms with Gasteiger partial charge in [-0.25, -0.2) is 4.99 Å². The van der Waals surface area contributed by atoms with E-state index < -0.39 is 5.60 Å². The summed E-state index contributed by atoms with van der Waals surface area (Å²) in [5.41, 5.74) is -0.259. The highest BCUT2D eigenvalue weighted by atomic mass is 35.5. The number of hydrogen-bond acceptors (Lipinski definition) is 5. The number of aryl methyl sites for hydroxylation is 1. The fraction of sp³-hybridized carbons (Fsp3) is 0.450. The minimum absolute atomic E-state index is 0.244. The van der Waals surface area contributed by atoms with Crippen molar-refractivity contribution in [2.75, 3.05) is 26.3 Å². The van der Waals surface area contributed by atoms with Gasteiger partial charge in [0.15, 0.2) is 17.5 Å². The molecule has 0 saturated carbocycles. The minimum atomic E-state index is -1.16. The van der Waals surface area contributed by atoms with Gasteiger partial charge in [-0.15, -0.1) is 0 Å². The second kappa shape index (κ2) is 8.75. The number of rotatable bonds is 6. The van der Waals surface area contributed by atoms with E-state index in [1.165, 1.54) is 0 Å². The number of nitrogens with one attached hydrogen (secondary N) is 2. The fourth-order valence-electron chi connectivity index (χ4n) is 2.83. The molecule has 8 heteroatoms. The van der Waals surface area contributed by atoms with Crippen molar-refractivity contribution in [2.45, 2.75) is 32.9 Å². The molecule has 7 nitrogen and oxygen atoms in total. The summed E-state index contributed by atoms with van der Waals surface area (Å²) in [4.78, 5) is 4.57. The van der Waals surface area contributed by atoms with Crippen LogP contribution in [0.3, 0.4) is 0 Å². The summed E-state index contributed by atoms with van der Waals surface area (Å²) in [5, 5.41) is 17.5. The summed E-state index contributed by atoms with van der Waals surface area (Å²) in [6, 6.07) is 7.31. The van der Waals surface area contributed by atoms with Crippen LogP contribution in [-0.4, -0.2) is 37.4 Å². The fourth-order valence-corrected chi connectivity index (χ4v) is 3.12. The van der Waals surface area contributed by atoms with Crippen LogP contribution in [0.4, 0.5) is 0 Å². The molecule has 3 rings (SSSR count). The van der Waals surface area contributed by atoms with Crippen LogP contribution in [0.1, 0.15) is 30.9 Å². The van der Waals surface area contributed by atoms with Gasteiger partial charge in [-0.3, -0.25) is 0 Å². The third-order valence-corrected chi connectivity index (χ3v) is 4.57. The van der Waals surface area contributed by atoms with E-state index in [0.29, 0.717) is 54.5 Å². The van der Waals surface area contributed by atoms with Crippen LogP contribution < -0.4 is 20.1 Å².